The van der Waals surface area contributed by atoms with E-state index in [1.165, 1.54) is 0 Å². The number of benzene rings is 3. The predicted molar refractivity (Wildman–Crippen MR) is 121 cm³/mol. The second-order valence-electron chi connectivity index (χ2n) is 8.27. The first-order chi connectivity index (χ1) is 16.3. The summed E-state index contributed by atoms with van der Waals surface area (Å²) in [5.74, 6) is 0. The van der Waals surface area contributed by atoms with Gasteiger partial charge in [-0.05, 0) is 11.1 Å². The number of hydrogen-bond acceptors (Lipinski definition) is 6. The summed E-state index contributed by atoms with van der Waals surface area (Å²) < 4.78 is 30.5. The van der Waals surface area contributed by atoms with Gasteiger partial charge in [0.25, 0.3) is 0 Å². The van der Waals surface area contributed by atoms with Gasteiger partial charge in [0.05, 0.1) is 19.8 Å². The lowest BCUT2D eigenvalue weighted by molar-refractivity contribution is -0.368. The molecule has 0 amide bonds. The largest absolute Gasteiger partial charge is 0.385 e. The van der Waals surface area contributed by atoms with Crippen LogP contribution in [-0.2, 0) is 36.9 Å². The monoisotopic (exact) mass is 448 g/mol. The standard InChI is InChI=1S/C27H28O6/c28-23-25(29-16-19-10-4-1-5-11-19)24-22(18-31-26(33-24)21-14-8-3-9-15-21)32-27(23)30-17-20-12-6-2-7-13-20/h1-15,22-28H,16-18H2/t22?,23?,24-,25?,26?,27+/m1/s1. The minimum Gasteiger partial charge on any atom is -0.385 e. The van der Waals surface area contributed by atoms with Crippen LogP contribution in [0.15, 0.2) is 91.0 Å². The van der Waals surface area contributed by atoms with Crippen LogP contribution in [0.4, 0.5) is 0 Å². The van der Waals surface area contributed by atoms with E-state index in [0.29, 0.717) is 19.8 Å². The zero-order chi connectivity index (χ0) is 22.5. The third-order valence-corrected chi connectivity index (χ3v) is 5.92. The number of aliphatic hydroxyl groups excluding tert-OH is 1. The zero-order valence-corrected chi connectivity index (χ0v) is 18.2. The summed E-state index contributed by atoms with van der Waals surface area (Å²) in [5, 5.41) is 11.2. The molecule has 0 saturated carbocycles. The number of fused-ring (bicyclic) bond motifs is 1. The van der Waals surface area contributed by atoms with Gasteiger partial charge in [0.1, 0.15) is 24.4 Å². The Hall–Kier alpha value is -2.58. The fourth-order valence-electron chi connectivity index (χ4n) is 4.19. The molecule has 1 N–H and O–H groups in total. The molecule has 0 spiro atoms. The van der Waals surface area contributed by atoms with Crippen molar-refractivity contribution in [3.8, 4) is 0 Å². The van der Waals surface area contributed by atoms with Crippen LogP contribution in [0, 0.1) is 0 Å². The number of ether oxygens (including phenoxy) is 5. The van der Waals surface area contributed by atoms with E-state index in [0.717, 1.165) is 16.7 Å². The Morgan fingerprint density at radius 2 is 1.30 bits per heavy atom. The third kappa shape index (κ3) is 5.33. The Morgan fingerprint density at radius 1 is 0.727 bits per heavy atom. The second kappa shape index (κ2) is 10.6. The van der Waals surface area contributed by atoms with Crippen LogP contribution in [0.25, 0.3) is 0 Å². The molecule has 4 unspecified atom stereocenters. The smallest absolute Gasteiger partial charge is 0.187 e. The normalized spacial score (nSPS) is 29.4. The van der Waals surface area contributed by atoms with E-state index in [1.54, 1.807) is 0 Å². The van der Waals surface area contributed by atoms with Crippen LogP contribution in [0.2, 0.25) is 0 Å². The Labute approximate surface area is 193 Å². The first-order valence-electron chi connectivity index (χ1n) is 11.2. The maximum Gasteiger partial charge on any atom is 0.187 e. The van der Waals surface area contributed by atoms with Crippen LogP contribution in [-0.4, -0.2) is 42.4 Å². The van der Waals surface area contributed by atoms with Crippen molar-refractivity contribution < 1.29 is 28.8 Å². The van der Waals surface area contributed by atoms with E-state index in [1.807, 2.05) is 91.0 Å². The highest BCUT2D eigenvalue weighted by atomic mass is 16.8. The summed E-state index contributed by atoms with van der Waals surface area (Å²) >= 11 is 0. The maximum absolute atomic E-state index is 11.2. The minimum absolute atomic E-state index is 0.313. The van der Waals surface area contributed by atoms with Crippen LogP contribution < -0.4 is 0 Å². The molecule has 172 valence electrons. The molecule has 5 rings (SSSR count). The van der Waals surface area contributed by atoms with Gasteiger partial charge in [-0.3, -0.25) is 0 Å². The van der Waals surface area contributed by atoms with Crippen molar-refractivity contribution in [1.29, 1.82) is 0 Å². The van der Waals surface area contributed by atoms with E-state index in [2.05, 4.69) is 0 Å². The quantitative estimate of drug-likeness (QED) is 0.590. The van der Waals surface area contributed by atoms with E-state index in [-0.39, 0.29) is 0 Å². The van der Waals surface area contributed by atoms with Gasteiger partial charge in [0.15, 0.2) is 12.6 Å². The minimum atomic E-state index is -1.02. The van der Waals surface area contributed by atoms with Crippen molar-refractivity contribution in [3.63, 3.8) is 0 Å². The summed E-state index contributed by atoms with van der Waals surface area (Å²) in [6, 6.07) is 29.4. The van der Waals surface area contributed by atoms with Crippen LogP contribution in [0.1, 0.15) is 23.0 Å². The van der Waals surface area contributed by atoms with Crippen LogP contribution in [0.3, 0.4) is 0 Å². The number of rotatable bonds is 7. The highest BCUT2D eigenvalue weighted by molar-refractivity contribution is 5.17. The van der Waals surface area contributed by atoms with Crippen molar-refractivity contribution in [2.45, 2.75) is 50.2 Å². The van der Waals surface area contributed by atoms with Gasteiger partial charge >= 0.3 is 0 Å². The van der Waals surface area contributed by atoms with E-state index < -0.39 is 37.0 Å². The molecule has 6 heteroatoms. The molecule has 6 nitrogen and oxygen atoms in total. The fraction of sp³-hybridized carbons (Fsp3) is 0.333. The lowest BCUT2D eigenvalue weighted by Crippen LogP contribution is -2.62. The highest BCUT2D eigenvalue weighted by Crippen LogP contribution is 2.36. The molecule has 0 bridgehead atoms. The van der Waals surface area contributed by atoms with Crippen LogP contribution in [0.5, 0.6) is 0 Å². The van der Waals surface area contributed by atoms with E-state index in [9.17, 15) is 5.11 Å². The average Bonchev–Trinajstić information content (AvgIpc) is 2.88. The Morgan fingerprint density at radius 3 is 1.94 bits per heavy atom. The molecule has 0 aromatic heterocycles. The summed E-state index contributed by atoms with van der Waals surface area (Å²) in [5.41, 5.74) is 2.92. The van der Waals surface area contributed by atoms with Gasteiger partial charge in [-0.1, -0.05) is 91.0 Å². The maximum atomic E-state index is 11.2. The molecule has 3 aromatic carbocycles. The van der Waals surface area contributed by atoms with E-state index >= 15 is 0 Å². The summed E-state index contributed by atoms with van der Waals surface area (Å²) in [6.07, 6.45) is -3.98. The first kappa shape index (κ1) is 22.2. The summed E-state index contributed by atoms with van der Waals surface area (Å²) in [4.78, 5) is 0. The molecule has 0 radical (unpaired) electrons. The second-order valence-corrected chi connectivity index (χ2v) is 8.27. The molecular formula is C27H28O6. The zero-order valence-electron chi connectivity index (χ0n) is 18.2. The van der Waals surface area contributed by atoms with Crippen molar-refractivity contribution in [2.75, 3.05) is 6.61 Å². The predicted octanol–water partition coefficient (Wildman–Crippen LogP) is 3.99. The SMILES string of the molecule is OC1C(OCc2ccccc2)[C@@H]2OC(c3ccccc3)OCC2O[C@@H]1OCc1ccccc1. The highest BCUT2D eigenvalue weighted by Gasteiger charge is 2.50. The molecule has 3 aromatic rings. The fourth-order valence-corrected chi connectivity index (χ4v) is 4.19. The number of aliphatic hydroxyl groups is 1. The topological polar surface area (TPSA) is 66.4 Å². The van der Waals surface area contributed by atoms with Gasteiger partial charge in [-0.2, -0.15) is 0 Å². The molecule has 0 aliphatic carbocycles. The molecule has 2 heterocycles. The van der Waals surface area contributed by atoms with Gasteiger partial charge in [0.2, 0.25) is 0 Å². The molecule has 2 fully saturated rings. The van der Waals surface area contributed by atoms with Crippen molar-refractivity contribution in [3.05, 3.63) is 108 Å². The van der Waals surface area contributed by atoms with Crippen molar-refractivity contribution >= 4 is 0 Å². The van der Waals surface area contributed by atoms with Gasteiger partial charge < -0.3 is 28.8 Å². The van der Waals surface area contributed by atoms with Gasteiger partial charge in [0, 0.05) is 5.56 Å². The lowest BCUT2D eigenvalue weighted by atomic mass is 9.97. The van der Waals surface area contributed by atoms with Gasteiger partial charge in [-0.25, -0.2) is 0 Å². The molecule has 33 heavy (non-hydrogen) atoms. The molecule has 6 atom stereocenters. The lowest BCUT2D eigenvalue weighted by Gasteiger charge is -2.47. The third-order valence-electron chi connectivity index (χ3n) is 5.92. The molecule has 2 aliphatic rings. The Kier molecular flexibility index (Phi) is 7.12. The van der Waals surface area contributed by atoms with E-state index in [4.69, 9.17) is 23.7 Å². The van der Waals surface area contributed by atoms with Gasteiger partial charge in [-0.15, -0.1) is 0 Å². The first-order valence-corrected chi connectivity index (χ1v) is 11.2. The summed E-state index contributed by atoms with van der Waals surface area (Å²) in [6.45, 7) is 0.977. The van der Waals surface area contributed by atoms with Crippen LogP contribution >= 0.6 is 0 Å². The summed E-state index contributed by atoms with van der Waals surface area (Å²) in [7, 11) is 0. The van der Waals surface area contributed by atoms with Crippen molar-refractivity contribution in [2.24, 2.45) is 0 Å². The molecule has 2 saturated heterocycles. The number of hydrogen-bond donors (Lipinski definition) is 1. The molecular weight excluding hydrogens is 420 g/mol. The van der Waals surface area contributed by atoms with Crippen molar-refractivity contribution in [1.82, 2.24) is 0 Å². The average molecular weight is 449 g/mol. The Balaban J connectivity index is 1.32. The molecule has 2 aliphatic heterocycles. The Bertz CT molecular complexity index is 983.